The maximum Gasteiger partial charge on any atom is 0.275 e. The van der Waals surface area contributed by atoms with E-state index in [2.05, 4.69) is 4.98 Å². The van der Waals surface area contributed by atoms with Crippen LogP contribution in [0.15, 0.2) is 48.8 Å². The molecule has 0 saturated heterocycles. The van der Waals surface area contributed by atoms with Gasteiger partial charge in [0.15, 0.2) is 0 Å². The number of nitro benzene ring substituents is 1. The van der Waals surface area contributed by atoms with E-state index in [1.165, 1.54) is 18.5 Å². The fourth-order valence-corrected chi connectivity index (χ4v) is 1.61. The van der Waals surface area contributed by atoms with Crippen LogP contribution in [0.3, 0.4) is 0 Å². The number of aliphatic hydroxyl groups excluding tert-OH is 1. The highest BCUT2D eigenvalue weighted by Crippen LogP contribution is 2.28. The first-order valence-corrected chi connectivity index (χ1v) is 5.01. The Morgan fingerprint density at radius 2 is 1.82 bits per heavy atom. The smallest absolute Gasteiger partial charge is 0.275 e. The molecule has 0 fully saturated rings. The lowest BCUT2D eigenvalue weighted by molar-refractivity contribution is -0.386. The molecule has 0 amide bonds. The molecule has 0 aliphatic carbocycles. The number of aromatic nitrogens is 1. The lowest BCUT2D eigenvalue weighted by atomic mass is 10.0. The van der Waals surface area contributed by atoms with Crippen molar-refractivity contribution < 1.29 is 10.0 Å². The van der Waals surface area contributed by atoms with Crippen molar-refractivity contribution in [3.05, 3.63) is 70.0 Å². The van der Waals surface area contributed by atoms with E-state index >= 15 is 0 Å². The largest absolute Gasteiger partial charge is 0.383 e. The summed E-state index contributed by atoms with van der Waals surface area (Å²) in [6, 6.07) is 9.40. The molecule has 0 saturated carbocycles. The number of aliphatic hydroxyl groups is 1. The Kier molecular flexibility index (Phi) is 3.11. The zero-order chi connectivity index (χ0) is 12.3. The van der Waals surface area contributed by atoms with Gasteiger partial charge in [-0.3, -0.25) is 15.1 Å². The summed E-state index contributed by atoms with van der Waals surface area (Å²) in [4.78, 5) is 14.2. The minimum absolute atomic E-state index is 0.0863. The Bertz CT molecular complexity index is 528. The summed E-state index contributed by atoms with van der Waals surface area (Å²) < 4.78 is 0. The summed E-state index contributed by atoms with van der Waals surface area (Å²) in [5.41, 5.74) is 0.773. The summed E-state index contributed by atoms with van der Waals surface area (Å²) in [7, 11) is 0. The van der Waals surface area contributed by atoms with Gasteiger partial charge < -0.3 is 5.11 Å². The lowest BCUT2D eigenvalue weighted by Crippen LogP contribution is -2.03. The van der Waals surface area contributed by atoms with Crippen LogP contribution in [0.5, 0.6) is 0 Å². The van der Waals surface area contributed by atoms with Crippen molar-refractivity contribution in [1.29, 1.82) is 0 Å². The summed E-state index contributed by atoms with van der Waals surface area (Å²) >= 11 is 0. The molecule has 86 valence electrons. The van der Waals surface area contributed by atoms with Gasteiger partial charge in [0.05, 0.1) is 10.5 Å². The van der Waals surface area contributed by atoms with E-state index in [1.807, 2.05) is 0 Å². The Labute approximate surface area is 97.5 Å². The van der Waals surface area contributed by atoms with E-state index in [-0.39, 0.29) is 11.3 Å². The Morgan fingerprint density at radius 1 is 1.18 bits per heavy atom. The van der Waals surface area contributed by atoms with Crippen LogP contribution in [0.2, 0.25) is 0 Å². The second-order valence-electron chi connectivity index (χ2n) is 3.50. The van der Waals surface area contributed by atoms with Crippen molar-refractivity contribution >= 4 is 5.69 Å². The Morgan fingerprint density at radius 3 is 2.47 bits per heavy atom. The maximum absolute atomic E-state index is 10.8. The number of para-hydroxylation sites is 1. The molecule has 17 heavy (non-hydrogen) atoms. The third kappa shape index (κ3) is 2.29. The predicted octanol–water partition coefficient (Wildman–Crippen LogP) is 2.07. The topological polar surface area (TPSA) is 76.3 Å². The molecule has 0 spiro atoms. The van der Waals surface area contributed by atoms with Crippen molar-refractivity contribution in [3.63, 3.8) is 0 Å². The molecule has 1 aromatic heterocycles. The maximum atomic E-state index is 10.8. The van der Waals surface area contributed by atoms with E-state index in [4.69, 9.17) is 0 Å². The van der Waals surface area contributed by atoms with Gasteiger partial charge in [-0.05, 0) is 23.8 Å². The highest BCUT2D eigenvalue weighted by Gasteiger charge is 2.20. The third-order valence-corrected chi connectivity index (χ3v) is 2.45. The number of nitrogens with zero attached hydrogens (tertiary/aromatic N) is 2. The van der Waals surface area contributed by atoms with E-state index in [0.717, 1.165) is 0 Å². The van der Waals surface area contributed by atoms with Crippen molar-refractivity contribution in [3.8, 4) is 0 Å². The molecule has 5 nitrogen and oxygen atoms in total. The van der Waals surface area contributed by atoms with Crippen molar-refractivity contribution in [2.75, 3.05) is 0 Å². The molecule has 0 aliphatic rings. The van der Waals surface area contributed by atoms with Crippen LogP contribution < -0.4 is 0 Å². The average molecular weight is 230 g/mol. The lowest BCUT2D eigenvalue weighted by Gasteiger charge is -2.10. The fourth-order valence-electron chi connectivity index (χ4n) is 1.61. The molecule has 5 heteroatoms. The molecule has 0 radical (unpaired) electrons. The number of rotatable bonds is 3. The molecule has 1 aromatic carbocycles. The van der Waals surface area contributed by atoms with Crippen LogP contribution in [0.1, 0.15) is 17.2 Å². The van der Waals surface area contributed by atoms with Gasteiger partial charge in [0, 0.05) is 18.5 Å². The van der Waals surface area contributed by atoms with Crippen LogP contribution in [0, 0.1) is 10.1 Å². The van der Waals surface area contributed by atoms with Crippen LogP contribution in [-0.4, -0.2) is 15.0 Å². The van der Waals surface area contributed by atoms with E-state index in [0.29, 0.717) is 5.56 Å². The quantitative estimate of drug-likeness (QED) is 0.646. The van der Waals surface area contributed by atoms with E-state index in [1.54, 1.807) is 30.3 Å². The molecular formula is C12H10N2O3. The average Bonchev–Trinajstić information content (AvgIpc) is 2.39. The van der Waals surface area contributed by atoms with Crippen LogP contribution >= 0.6 is 0 Å². The molecular weight excluding hydrogens is 220 g/mol. The third-order valence-electron chi connectivity index (χ3n) is 2.45. The number of hydrogen-bond donors (Lipinski definition) is 1. The standard InChI is InChI=1S/C12H10N2O3/c15-12(9-5-7-13-8-6-9)10-3-1-2-4-11(10)14(16)17/h1-8,12,15H/t12-/m0/s1. The highest BCUT2D eigenvalue weighted by atomic mass is 16.6. The minimum Gasteiger partial charge on any atom is -0.383 e. The van der Waals surface area contributed by atoms with E-state index in [9.17, 15) is 15.2 Å². The van der Waals surface area contributed by atoms with Crippen molar-refractivity contribution in [2.45, 2.75) is 6.10 Å². The minimum atomic E-state index is -1.01. The number of hydrogen-bond acceptors (Lipinski definition) is 4. The van der Waals surface area contributed by atoms with Gasteiger partial charge in [0.25, 0.3) is 5.69 Å². The zero-order valence-electron chi connectivity index (χ0n) is 8.85. The van der Waals surface area contributed by atoms with Crippen LogP contribution in [0.25, 0.3) is 0 Å². The molecule has 1 N–H and O–H groups in total. The second kappa shape index (κ2) is 4.71. The zero-order valence-corrected chi connectivity index (χ0v) is 8.85. The van der Waals surface area contributed by atoms with Crippen molar-refractivity contribution in [2.24, 2.45) is 0 Å². The van der Waals surface area contributed by atoms with Crippen molar-refractivity contribution in [1.82, 2.24) is 4.98 Å². The summed E-state index contributed by atoms with van der Waals surface area (Å²) in [5, 5.41) is 20.9. The van der Waals surface area contributed by atoms with Gasteiger partial charge in [-0.15, -0.1) is 0 Å². The summed E-state index contributed by atoms with van der Waals surface area (Å²) in [6.45, 7) is 0. The molecule has 0 bridgehead atoms. The van der Waals surface area contributed by atoms with E-state index < -0.39 is 11.0 Å². The number of pyridine rings is 1. The summed E-state index contributed by atoms with van der Waals surface area (Å²) in [5.74, 6) is 0. The molecule has 0 aliphatic heterocycles. The van der Waals surface area contributed by atoms with Gasteiger partial charge in [-0.25, -0.2) is 0 Å². The second-order valence-corrected chi connectivity index (χ2v) is 3.50. The first kappa shape index (κ1) is 11.2. The molecule has 2 rings (SSSR count). The molecule has 2 aromatic rings. The first-order chi connectivity index (χ1) is 8.20. The number of benzene rings is 1. The Balaban J connectivity index is 2.44. The first-order valence-electron chi connectivity index (χ1n) is 5.01. The SMILES string of the molecule is O=[N+]([O-])c1ccccc1[C@@H](O)c1ccncc1. The van der Waals surface area contributed by atoms with Gasteiger partial charge >= 0.3 is 0 Å². The van der Waals surface area contributed by atoms with Gasteiger partial charge in [-0.1, -0.05) is 12.1 Å². The van der Waals surface area contributed by atoms with Gasteiger partial charge in [-0.2, -0.15) is 0 Å². The van der Waals surface area contributed by atoms with Crippen LogP contribution in [0.4, 0.5) is 5.69 Å². The Hall–Kier alpha value is -2.27. The van der Waals surface area contributed by atoms with Gasteiger partial charge in [0.2, 0.25) is 0 Å². The molecule has 0 unspecified atom stereocenters. The monoisotopic (exact) mass is 230 g/mol. The molecule has 1 heterocycles. The predicted molar refractivity (Wildman–Crippen MR) is 61.4 cm³/mol. The normalized spacial score (nSPS) is 12.1. The highest BCUT2D eigenvalue weighted by molar-refractivity contribution is 5.44. The number of nitro groups is 1. The van der Waals surface area contributed by atoms with Gasteiger partial charge in [0.1, 0.15) is 6.10 Å². The molecule has 1 atom stereocenters. The fraction of sp³-hybridized carbons (Fsp3) is 0.0833. The summed E-state index contributed by atoms with van der Waals surface area (Å²) in [6.07, 6.45) is 2.06. The van der Waals surface area contributed by atoms with Crippen LogP contribution in [-0.2, 0) is 0 Å².